The smallest absolute Gasteiger partial charge is 0.255 e. The largest absolute Gasteiger partial charge is 0.504 e. The quantitative estimate of drug-likeness (QED) is 0.458. The molecular formula is C12H17NO5. The molecule has 0 aliphatic carbocycles. The first kappa shape index (κ1) is 14.3. The van der Waals surface area contributed by atoms with Crippen LogP contribution in [-0.2, 0) is 0 Å². The first-order valence-corrected chi connectivity index (χ1v) is 5.63. The summed E-state index contributed by atoms with van der Waals surface area (Å²) in [5, 5.41) is 39.0. The van der Waals surface area contributed by atoms with Crippen molar-refractivity contribution in [3.8, 4) is 11.5 Å². The number of hydrogen-bond donors (Lipinski definition) is 5. The summed E-state index contributed by atoms with van der Waals surface area (Å²) >= 11 is 0. The molecule has 18 heavy (non-hydrogen) atoms. The normalized spacial score (nSPS) is 12.1. The van der Waals surface area contributed by atoms with Crippen molar-refractivity contribution >= 4 is 5.91 Å². The van der Waals surface area contributed by atoms with Crippen LogP contribution in [0.3, 0.4) is 0 Å². The van der Waals surface area contributed by atoms with E-state index in [0.717, 1.165) is 0 Å². The third kappa shape index (κ3) is 3.61. The minimum atomic E-state index is -0.583. The standard InChI is InChI=1S/C12H17NO5/c14-6-2-3-8(7-15)13-12(18)9-4-1-5-10(16)11(9)17/h1,4-5,8,14-17H,2-3,6-7H2,(H,13,18)/t8-/m1/s1. The lowest BCUT2D eigenvalue weighted by atomic mass is 10.1. The molecule has 0 aliphatic heterocycles. The zero-order valence-corrected chi connectivity index (χ0v) is 9.83. The van der Waals surface area contributed by atoms with Crippen molar-refractivity contribution in [2.75, 3.05) is 13.2 Å². The summed E-state index contributed by atoms with van der Waals surface area (Å²) < 4.78 is 0. The number of hydrogen-bond acceptors (Lipinski definition) is 5. The lowest BCUT2D eigenvalue weighted by Crippen LogP contribution is -2.37. The molecule has 0 unspecified atom stereocenters. The maximum absolute atomic E-state index is 11.8. The Bertz CT molecular complexity index is 407. The Kier molecular flexibility index (Phi) is 5.41. The molecule has 1 aromatic carbocycles. The third-order valence-electron chi connectivity index (χ3n) is 2.53. The van der Waals surface area contributed by atoms with Crippen LogP contribution in [0.2, 0.25) is 0 Å². The lowest BCUT2D eigenvalue weighted by Gasteiger charge is -2.16. The van der Waals surface area contributed by atoms with E-state index in [4.69, 9.17) is 10.2 Å². The van der Waals surface area contributed by atoms with Gasteiger partial charge in [0.1, 0.15) is 0 Å². The van der Waals surface area contributed by atoms with Crippen molar-refractivity contribution in [2.45, 2.75) is 18.9 Å². The number of carbonyl (C=O) groups is 1. The molecule has 1 amide bonds. The van der Waals surface area contributed by atoms with Gasteiger partial charge in [-0.05, 0) is 25.0 Å². The van der Waals surface area contributed by atoms with Crippen LogP contribution >= 0.6 is 0 Å². The molecule has 6 nitrogen and oxygen atoms in total. The minimum absolute atomic E-state index is 0.0241. The molecule has 0 heterocycles. The van der Waals surface area contributed by atoms with Crippen LogP contribution in [0.25, 0.3) is 0 Å². The molecule has 1 atom stereocenters. The number of para-hydroxylation sites is 1. The molecule has 0 radical (unpaired) electrons. The van der Waals surface area contributed by atoms with Gasteiger partial charge in [-0.3, -0.25) is 4.79 Å². The van der Waals surface area contributed by atoms with Crippen molar-refractivity contribution in [3.63, 3.8) is 0 Å². The number of aliphatic hydroxyl groups is 2. The van der Waals surface area contributed by atoms with Gasteiger partial charge < -0.3 is 25.7 Å². The van der Waals surface area contributed by atoms with Gasteiger partial charge in [0.2, 0.25) is 0 Å². The minimum Gasteiger partial charge on any atom is -0.504 e. The van der Waals surface area contributed by atoms with Crippen LogP contribution < -0.4 is 5.32 Å². The molecule has 100 valence electrons. The molecule has 5 N–H and O–H groups in total. The van der Waals surface area contributed by atoms with Crippen molar-refractivity contribution in [3.05, 3.63) is 23.8 Å². The van der Waals surface area contributed by atoms with Gasteiger partial charge in [-0.1, -0.05) is 6.07 Å². The molecule has 1 aromatic rings. The number of benzene rings is 1. The molecule has 0 saturated carbocycles. The predicted molar refractivity (Wildman–Crippen MR) is 64.4 cm³/mol. The molecular weight excluding hydrogens is 238 g/mol. The monoisotopic (exact) mass is 255 g/mol. The van der Waals surface area contributed by atoms with Crippen LogP contribution in [0.15, 0.2) is 18.2 Å². The van der Waals surface area contributed by atoms with Gasteiger partial charge in [0.15, 0.2) is 11.5 Å². The van der Waals surface area contributed by atoms with Gasteiger partial charge >= 0.3 is 0 Å². The number of rotatable bonds is 6. The van der Waals surface area contributed by atoms with Crippen molar-refractivity contribution in [1.82, 2.24) is 5.32 Å². The van der Waals surface area contributed by atoms with Crippen LogP contribution in [0, 0.1) is 0 Å². The summed E-state index contributed by atoms with van der Waals surface area (Å²) in [7, 11) is 0. The highest BCUT2D eigenvalue weighted by Gasteiger charge is 2.17. The number of aliphatic hydroxyl groups excluding tert-OH is 2. The van der Waals surface area contributed by atoms with E-state index >= 15 is 0 Å². The second-order valence-electron chi connectivity index (χ2n) is 3.89. The third-order valence-corrected chi connectivity index (χ3v) is 2.53. The van der Waals surface area contributed by atoms with Crippen molar-refractivity contribution in [2.24, 2.45) is 0 Å². The Morgan fingerprint density at radius 1 is 1.28 bits per heavy atom. The summed E-state index contributed by atoms with van der Waals surface area (Å²) in [4.78, 5) is 11.8. The van der Waals surface area contributed by atoms with E-state index in [1.807, 2.05) is 0 Å². The summed E-state index contributed by atoms with van der Waals surface area (Å²) in [5.74, 6) is -1.45. The Morgan fingerprint density at radius 3 is 2.61 bits per heavy atom. The molecule has 0 bridgehead atoms. The molecule has 0 fully saturated rings. The first-order chi connectivity index (χ1) is 8.60. The number of phenols is 2. The van der Waals surface area contributed by atoms with Gasteiger partial charge in [-0.15, -0.1) is 0 Å². The zero-order valence-electron chi connectivity index (χ0n) is 9.83. The summed E-state index contributed by atoms with van der Waals surface area (Å²) in [6.07, 6.45) is 0.885. The SMILES string of the molecule is O=C(N[C@@H](CO)CCCO)c1cccc(O)c1O. The topological polar surface area (TPSA) is 110 Å². The van der Waals surface area contributed by atoms with Crippen LogP contribution in [0.4, 0.5) is 0 Å². The fourth-order valence-electron chi connectivity index (χ4n) is 1.52. The second kappa shape index (κ2) is 6.83. The number of aromatic hydroxyl groups is 2. The number of phenolic OH excluding ortho intramolecular Hbond substituents is 2. The average Bonchev–Trinajstić information content (AvgIpc) is 2.37. The molecule has 0 aliphatic rings. The fraction of sp³-hybridized carbons (Fsp3) is 0.417. The van der Waals surface area contributed by atoms with Crippen LogP contribution in [0.5, 0.6) is 11.5 Å². The lowest BCUT2D eigenvalue weighted by molar-refractivity contribution is 0.0906. The average molecular weight is 255 g/mol. The van der Waals surface area contributed by atoms with Crippen LogP contribution in [-0.4, -0.2) is 45.6 Å². The predicted octanol–water partition coefficient (Wildman–Crippen LogP) is -0.0390. The Labute approximate surface area is 105 Å². The van der Waals surface area contributed by atoms with E-state index in [1.54, 1.807) is 0 Å². The van der Waals surface area contributed by atoms with E-state index in [1.165, 1.54) is 18.2 Å². The van der Waals surface area contributed by atoms with E-state index in [2.05, 4.69) is 5.32 Å². The number of amides is 1. The highest BCUT2D eigenvalue weighted by molar-refractivity contribution is 5.97. The van der Waals surface area contributed by atoms with Gasteiger partial charge in [-0.25, -0.2) is 0 Å². The molecule has 0 spiro atoms. The number of carbonyl (C=O) groups excluding carboxylic acids is 1. The molecule has 0 saturated heterocycles. The van der Waals surface area contributed by atoms with E-state index in [-0.39, 0.29) is 24.5 Å². The highest BCUT2D eigenvalue weighted by Crippen LogP contribution is 2.28. The zero-order chi connectivity index (χ0) is 13.5. The maximum atomic E-state index is 11.8. The fourth-order valence-corrected chi connectivity index (χ4v) is 1.52. The molecule has 6 heteroatoms. The van der Waals surface area contributed by atoms with Crippen molar-refractivity contribution < 1.29 is 25.2 Å². The van der Waals surface area contributed by atoms with E-state index in [0.29, 0.717) is 12.8 Å². The van der Waals surface area contributed by atoms with Crippen molar-refractivity contribution in [1.29, 1.82) is 0 Å². The molecule has 0 aromatic heterocycles. The summed E-state index contributed by atoms with van der Waals surface area (Å²) in [6.45, 7) is -0.283. The highest BCUT2D eigenvalue weighted by atomic mass is 16.3. The Hall–Kier alpha value is -1.79. The Balaban J connectivity index is 2.72. The summed E-state index contributed by atoms with van der Waals surface area (Å²) in [6, 6.07) is 3.57. The second-order valence-corrected chi connectivity index (χ2v) is 3.89. The maximum Gasteiger partial charge on any atom is 0.255 e. The summed E-state index contributed by atoms with van der Waals surface area (Å²) in [5.41, 5.74) is -0.0579. The Morgan fingerprint density at radius 2 is 2.00 bits per heavy atom. The van der Waals surface area contributed by atoms with Gasteiger partial charge in [0.25, 0.3) is 5.91 Å². The van der Waals surface area contributed by atoms with Crippen LogP contribution in [0.1, 0.15) is 23.2 Å². The molecule has 1 rings (SSSR count). The van der Waals surface area contributed by atoms with Gasteiger partial charge in [-0.2, -0.15) is 0 Å². The van der Waals surface area contributed by atoms with Gasteiger partial charge in [0, 0.05) is 6.61 Å². The van der Waals surface area contributed by atoms with E-state index in [9.17, 15) is 15.0 Å². The van der Waals surface area contributed by atoms with Gasteiger partial charge in [0.05, 0.1) is 18.2 Å². The number of nitrogens with one attached hydrogen (secondary N) is 1. The van der Waals surface area contributed by atoms with E-state index < -0.39 is 17.7 Å². The first-order valence-electron chi connectivity index (χ1n) is 5.63.